The molecule has 0 saturated heterocycles. The van der Waals surface area contributed by atoms with Gasteiger partial charge in [0, 0.05) is 32.9 Å². The van der Waals surface area contributed by atoms with Crippen molar-refractivity contribution in [2.75, 3.05) is 0 Å². The Morgan fingerprint density at radius 1 is 0.420 bits per heavy atom. The van der Waals surface area contributed by atoms with Gasteiger partial charge in [-0.15, -0.1) is 0 Å². The first-order valence-corrected chi connectivity index (χ1v) is 18.0. The van der Waals surface area contributed by atoms with E-state index < -0.39 is 0 Å². The largest absolute Gasteiger partial charge is 0.309 e. The summed E-state index contributed by atoms with van der Waals surface area (Å²) in [5, 5.41) is 7.75. The number of benzene rings is 7. The molecule has 2 heteroatoms. The zero-order valence-corrected chi connectivity index (χ0v) is 29.2. The van der Waals surface area contributed by atoms with E-state index in [0.717, 1.165) is 0 Å². The number of aromatic nitrogens is 2. The normalized spacial score (nSPS) is 15.4. The van der Waals surface area contributed by atoms with Crippen molar-refractivity contribution < 1.29 is 0 Å². The highest BCUT2D eigenvalue weighted by molar-refractivity contribution is 6.26. The molecule has 0 N–H and O–H groups in total. The van der Waals surface area contributed by atoms with Crippen LogP contribution in [0.1, 0.15) is 51.7 Å². The standard InChI is InChI=1S/C48H40N2/c1-47(2)25-26-48(3,4)41-30-44-39(29-40(41)47)45-43(24-23-38-37-19-10-11-20-42(37)50(46(38)45)35-16-6-5-7-17-35)49(44)36-18-12-15-33(28-36)34-22-21-31-13-8-9-14-32(31)27-34/h5-24,27-30H,25-26H2,1-4H3. The molecule has 9 aromatic rings. The molecule has 1 aliphatic carbocycles. The molecule has 0 atom stereocenters. The smallest absolute Gasteiger partial charge is 0.0641 e. The van der Waals surface area contributed by atoms with Gasteiger partial charge in [-0.3, -0.25) is 0 Å². The van der Waals surface area contributed by atoms with Crippen molar-refractivity contribution in [2.45, 2.75) is 51.4 Å². The van der Waals surface area contributed by atoms with Gasteiger partial charge in [-0.25, -0.2) is 0 Å². The van der Waals surface area contributed by atoms with E-state index in [0.29, 0.717) is 0 Å². The third-order valence-corrected chi connectivity index (χ3v) is 11.7. The first-order chi connectivity index (χ1) is 24.3. The van der Waals surface area contributed by atoms with Gasteiger partial charge < -0.3 is 9.13 Å². The van der Waals surface area contributed by atoms with E-state index >= 15 is 0 Å². The summed E-state index contributed by atoms with van der Waals surface area (Å²) in [6.07, 6.45) is 2.37. The molecule has 0 saturated carbocycles. The molecule has 10 rings (SSSR count). The number of hydrogen-bond donors (Lipinski definition) is 0. The minimum atomic E-state index is 0.0987. The maximum Gasteiger partial charge on any atom is 0.0641 e. The van der Waals surface area contributed by atoms with E-state index in [4.69, 9.17) is 0 Å². The molecule has 0 bridgehead atoms. The third-order valence-electron chi connectivity index (χ3n) is 11.7. The number of hydrogen-bond acceptors (Lipinski definition) is 0. The second-order valence-electron chi connectivity index (χ2n) is 15.7. The SMILES string of the molecule is CC1(C)CCC(C)(C)c2cc3c(cc21)c1c(ccc2c4ccccc4n(-c4ccccc4)c21)n3-c1cccc(-c2ccc3ccccc3c2)c1. The van der Waals surface area contributed by atoms with Crippen LogP contribution in [0.2, 0.25) is 0 Å². The van der Waals surface area contributed by atoms with Gasteiger partial charge in [-0.1, -0.05) is 119 Å². The van der Waals surface area contributed by atoms with Crippen LogP contribution in [0.5, 0.6) is 0 Å². The second-order valence-corrected chi connectivity index (χ2v) is 15.7. The maximum atomic E-state index is 2.57. The molecule has 242 valence electrons. The van der Waals surface area contributed by atoms with Crippen LogP contribution in [0.25, 0.3) is 76.9 Å². The van der Waals surface area contributed by atoms with Crippen LogP contribution >= 0.6 is 0 Å². The summed E-state index contributed by atoms with van der Waals surface area (Å²) in [6, 6.07) is 54.2. The first kappa shape index (κ1) is 29.3. The van der Waals surface area contributed by atoms with Crippen molar-refractivity contribution in [1.82, 2.24) is 9.13 Å². The summed E-state index contributed by atoms with van der Waals surface area (Å²) in [6.45, 7) is 9.75. The first-order valence-electron chi connectivity index (χ1n) is 18.0. The van der Waals surface area contributed by atoms with Crippen LogP contribution < -0.4 is 0 Å². The summed E-state index contributed by atoms with van der Waals surface area (Å²) >= 11 is 0. The Hall–Kier alpha value is -5.60. The molecule has 0 fully saturated rings. The van der Waals surface area contributed by atoms with Crippen molar-refractivity contribution in [3.8, 4) is 22.5 Å². The quantitative estimate of drug-likeness (QED) is 0.181. The van der Waals surface area contributed by atoms with Gasteiger partial charge >= 0.3 is 0 Å². The summed E-state index contributed by atoms with van der Waals surface area (Å²) < 4.78 is 5.04. The molecule has 7 aromatic carbocycles. The van der Waals surface area contributed by atoms with E-state index in [1.165, 1.54) is 101 Å². The zero-order chi connectivity index (χ0) is 33.8. The summed E-state index contributed by atoms with van der Waals surface area (Å²) in [5.41, 5.74) is 13.0. The average molecular weight is 645 g/mol. The minimum Gasteiger partial charge on any atom is -0.309 e. The predicted octanol–water partition coefficient (Wildman–Crippen LogP) is 13.0. The Morgan fingerprint density at radius 3 is 1.92 bits per heavy atom. The molecule has 0 radical (unpaired) electrons. The summed E-state index contributed by atoms with van der Waals surface area (Å²) in [4.78, 5) is 0. The van der Waals surface area contributed by atoms with E-state index in [1.807, 2.05) is 0 Å². The zero-order valence-electron chi connectivity index (χ0n) is 29.2. The van der Waals surface area contributed by atoms with E-state index in [2.05, 4.69) is 182 Å². The number of fused-ring (bicyclic) bond motifs is 9. The summed E-state index contributed by atoms with van der Waals surface area (Å²) in [5.74, 6) is 0. The van der Waals surface area contributed by atoms with Crippen LogP contribution in [0, 0.1) is 0 Å². The minimum absolute atomic E-state index is 0.0987. The van der Waals surface area contributed by atoms with Gasteiger partial charge in [-0.2, -0.15) is 0 Å². The van der Waals surface area contributed by atoms with Crippen molar-refractivity contribution in [3.63, 3.8) is 0 Å². The summed E-state index contributed by atoms with van der Waals surface area (Å²) in [7, 11) is 0. The second kappa shape index (κ2) is 10.5. The van der Waals surface area contributed by atoms with Gasteiger partial charge in [-0.05, 0) is 111 Å². The Morgan fingerprint density at radius 2 is 1.10 bits per heavy atom. The number of para-hydroxylation sites is 2. The fraction of sp³-hybridized carbons (Fsp3) is 0.167. The molecule has 50 heavy (non-hydrogen) atoms. The van der Waals surface area contributed by atoms with Gasteiger partial charge in [0.2, 0.25) is 0 Å². The highest BCUT2D eigenvalue weighted by Gasteiger charge is 2.38. The predicted molar refractivity (Wildman–Crippen MR) is 213 cm³/mol. The maximum absolute atomic E-state index is 2.57. The number of rotatable bonds is 3. The van der Waals surface area contributed by atoms with Gasteiger partial charge in [0.25, 0.3) is 0 Å². The topological polar surface area (TPSA) is 9.86 Å². The van der Waals surface area contributed by atoms with Crippen LogP contribution in [-0.2, 0) is 10.8 Å². The highest BCUT2D eigenvalue weighted by atomic mass is 15.0. The fourth-order valence-corrected chi connectivity index (χ4v) is 8.93. The van der Waals surface area contributed by atoms with Gasteiger partial charge in [0.15, 0.2) is 0 Å². The lowest BCUT2D eigenvalue weighted by Crippen LogP contribution is -2.33. The van der Waals surface area contributed by atoms with Gasteiger partial charge in [0.1, 0.15) is 0 Å². The molecular weight excluding hydrogens is 605 g/mol. The lowest BCUT2D eigenvalue weighted by Gasteiger charge is -2.42. The Labute approximate surface area is 293 Å². The van der Waals surface area contributed by atoms with Crippen molar-refractivity contribution >= 4 is 54.4 Å². The lowest BCUT2D eigenvalue weighted by atomic mass is 9.63. The molecule has 2 aromatic heterocycles. The molecule has 0 aliphatic heterocycles. The highest BCUT2D eigenvalue weighted by Crippen LogP contribution is 2.50. The van der Waals surface area contributed by atoms with Crippen LogP contribution in [0.3, 0.4) is 0 Å². The van der Waals surface area contributed by atoms with Crippen molar-refractivity contribution in [1.29, 1.82) is 0 Å². The van der Waals surface area contributed by atoms with E-state index in [-0.39, 0.29) is 10.8 Å². The van der Waals surface area contributed by atoms with Crippen LogP contribution in [0.4, 0.5) is 0 Å². The monoisotopic (exact) mass is 644 g/mol. The Balaban J connectivity index is 1.35. The molecule has 2 heterocycles. The third kappa shape index (κ3) is 4.21. The molecule has 0 amide bonds. The van der Waals surface area contributed by atoms with Crippen LogP contribution in [0.15, 0.2) is 146 Å². The van der Waals surface area contributed by atoms with Crippen molar-refractivity contribution in [3.05, 3.63) is 157 Å². The van der Waals surface area contributed by atoms with Gasteiger partial charge in [0.05, 0.1) is 22.1 Å². The lowest BCUT2D eigenvalue weighted by molar-refractivity contribution is 0.332. The molecule has 0 unspecified atom stereocenters. The Bertz CT molecular complexity index is 2810. The molecular formula is C48H40N2. The van der Waals surface area contributed by atoms with E-state index in [1.54, 1.807) is 0 Å². The van der Waals surface area contributed by atoms with Crippen LogP contribution in [-0.4, -0.2) is 9.13 Å². The van der Waals surface area contributed by atoms with E-state index in [9.17, 15) is 0 Å². The average Bonchev–Trinajstić information content (AvgIpc) is 3.66. The molecule has 0 spiro atoms. The number of nitrogens with zero attached hydrogens (tertiary/aromatic N) is 2. The molecule has 1 aliphatic rings. The Kier molecular flexibility index (Phi) is 6.13. The molecule has 2 nitrogen and oxygen atoms in total. The fourth-order valence-electron chi connectivity index (χ4n) is 8.93. The van der Waals surface area contributed by atoms with Crippen molar-refractivity contribution in [2.24, 2.45) is 0 Å².